The molecule has 3 nitrogen and oxygen atoms in total. The Morgan fingerprint density at radius 1 is 0.317 bits per heavy atom. The third-order valence-electron chi connectivity index (χ3n) is 12.7. The van der Waals surface area contributed by atoms with E-state index in [1.165, 1.54) is 75.0 Å². The molecule has 0 amide bonds. The summed E-state index contributed by atoms with van der Waals surface area (Å²) in [6.07, 6.45) is 0. The summed E-state index contributed by atoms with van der Waals surface area (Å²) in [5, 5.41) is 7.47. The van der Waals surface area contributed by atoms with Gasteiger partial charge in [-0.2, -0.15) is 0 Å². The first kappa shape index (κ1) is 35.7. The van der Waals surface area contributed by atoms with Crippen molar-refractivity contribution in [1.29, 1.82) is 0 Å². The van der Waals surface area contributed by atoms with E-state index in [0.29, 0.717) is 0 Å². The van der Waals surface area contributed by atoms with Gasteiger partial charge in [0, 0.05) is 53.0 Å². The summed E-state index contributed by atoms with van der Waals surface area (Å²) < 4.78 is 7.38. The number of hydrogen-bond acceptors (Lipinski definition) is 2. The lowest BCUT2D eigenvalue weighted by molar-refractivity contribution is 1.08. The lowest BCUT2D eigenvalue weighted by Gasteiger charge is -2.13. The van der Waals surface area contributed by atoms with Crippen LogP contribution in [0.5, 0.6) is 0 Å². The second-order valence-corrected chi connectivity index (χ2v) is 17.4. The highest BCUT2D eigenvalue weighted by atomic mass is 32.1. The van der Waals surface area contributed by atoms with Gasteiger partial charge in [0.05, 0.1) is 27.8 Å². The van der Waals surface area contributed by atoms with Gasteiger partial charge in [-0.15, -0.1) is 11.3 Å². The van der Waals surface area contributed by atoms with Gasteiger partial charge in [-0.05, 0) is 100 Å². The van der Waals surface area contributed by atoms with Crippen LogP contribution in [-0.4, -0.2) is 14.1 Å². The molecule has 0 spiro atoms. The van der Waals surface area contributed by atoms with E-state index in [0.717, 1.165) is 44.9 Å². The van der Waals surface area contributed by atoms with Crippen molar-refractivity contribution in [3.63, 3.8) is 0 Å². The zero-order valence-electron chi connectivity index (χ0n) is 34.1. The van der Waals surface area contributed by atoms with E-state index < -0.39 is 0 Å². The van der Waals surface area contributed by atoms with Gasteiger partial charge in [-0.3, -0.25) is 4.57 Å². The van der Waals surface area contributed by atoms with Crippen molar-refractivity contribution < 1.29 is 0 Å². The fourth-order valence-corrected chi connectivity index (χ4v) is 11.0. The molecule has 0 saturated carbocycles. The van der Waals surface area contributed by atoms with Gasteiger partial charge in [0.25, 0.3) is 0 Å². The number of thiophene rings is 1. The molecule has 0 saturated heterocycles. The molecule has 0 aliphatic rings. The molecule has 13 aromatic rings. The van der Waals surface area contributed by atoms with Crippen molar-refractivity contribution in [2.45, 2.75) is 0 Å². The lowest BCUT2D eigenvalue weighted by atomic mass is 9.99. The van der Waals surface area contributed by atoms with Crippen LogP contribution in [0.2, 0.25) is 0 Å². The summed E-state index contributed by atoms with van der Waals surface area (Å²) in [5.41, 5.74) is 14.9. The van der Waals surface area contributed by atoms with E-state index in [9.17, 15) is 0 Å². The third-order valence-corrected chi connectivity index (χ3v) is 13.9. The highest BCUT2D eigenvalue weighted by Gasteiger charge is 2.20. The Balaban J connectivity index is 1.06. The second kappa shape index (κ2) is 14.3. The number of aromatic nitrogens is 3. The smallest absolute Gasteiger partial charge is 0.138 e. The molecule has 9 aromatic carbocycles. The minimum absolute atomic E-state index is 0.885. The Bertz CT molecular complexity index is 3840. The maximum Gasteiger partial charge on any atom is 0.138 e. The molecule has 294 valence electrons. The highest BCUT2D eigenvalue weighted by Crippen LogP contribution is 2.43. The average Bonchev–Trinajstić information content (AvgIpc) is 4.02. The molecule has 4 heteroatoms. The third kappa shape index (κ3) is 5.76. The monoisotopic (exact) mass is 819 g/mol. The fourth-order valence-electron chi connectivity index (χ4n) is 9.78. The Kier molecular flexibility index (Phi) is 8.08. The van der Waals surface area contributed by atoms with Gasteiger partial charge in [-0.25, -0.2) is 4.98 Å². The van der Waals surface area contributed by atoms with E-state index in [-0.39, 0.29) is 0 Å². The van der Waals surface area contributed by atoms with Crippen LogP contribution in [0.4, 0.5) is 0 Å². The van der Waals surface area contributed by atoms with Crippen LogP contribution in [0.25, 0.3) is 120 Å². The summed E-state index contributed by atoms with van der Waals surface area (Å²) >= 11 is 1.87. The van der Waals surface area contributed by atoms with E-state index in [4.69, 9.17) is 4.98 Å². The van der Waals surface area contributed by atoms with E-state index in [2.05, 4.69) is 234 Å². The molecule has 63 heavy (non-hydrogen) atoms. The molecule has 0 fully saturated rings. The minimum atomic E-state index is 0.885. The average molecular weight is 820 g/mol. The predicted molar refractivity (Wildman–Crippen MR) is 268 cm³/mol. The molecule has 4 aromatic heterocycles. The summed E-state index contributed by atoms with van der Waals surface area (Å²) in [4.78, 5) is 5.49. The fraction of sp³-hybridized carbons (Fsp3) is 0. The Morgan fingerprint density at radius 2 is 0.905 bits per heavy atom. The normalized spacial score (nSPS) is 11.8. The van der Waals surface area contributed by atoms with Crippen molar-refractivity contribution >= 4 is 75.1 Å². The van der Waals surface area contributed by atoms with E-state index in [1.54, 1.807) is 0 Å². The molecule has 0 aliphatic heterocycles. The molecular weight excluding hydrogens is 783 g/mol. The molecule has 0 radical (unpaired) electrons. The van der Waals surface area contributed by atoms with Crippen molar-refractivity contribution in [3.8, 4) is 56.1 Å². The highest BCUT2D eigenvalue weighted by molar-refractivity contribution is 7.26. The van der Waals surface area contributed by atoms with Crippen LogP contribution in [0, 0.1) is 0 Å². The number of fused-ring (bicyclic) bond motifs is 9. The zero-order chi connectivity index (χ0) is 41.4. The predicted octanol–water partition coefficient (Wildman–Crippen LogP) is 16.3. The summed E-state index contributed by atoms with van der Waals surface area (Å²) in [6.45, 7) is 0. The maximum absolute atomic E-state index is 5.49. The van der Waals surface area contributed by atoms with Gasteiger partial charge in [-0.1, -0.05) is 158 Å². The lowest BCUT2D eigenvalue weighted by Crippen LogP contribution is -2.00. The van der Waals surface area contributed by atoms with Crippen LogP contribution in [0.15, 0.2) is 224 Å². The number of benzene rings is 9. The molecule has 0 N–H and O–H groups in total. The topological polar surface area (TPSA) is 22.8 Å². The Hall–Kier alpha value is -8.05. The van der Waals surface area contributed by atoms with Crippen LogP contribution in [-0.2, 0) is 0 Å². The summed E-state index contributed by atoms with van der Waals surface area (Å²) in [5.74, 6) is 0.885. The second-order valence-electron chi connectivity index (χ2n) is 16.3. The van der Waals surface area contributed by atoms with Crippen LogP contribution < -0.4 is 0 Å². The molecule has 0 atom stereocenters. The van der Waals surface area contributed by atoms with Crippen molar-refractivity contribution in [2.75, 3.05) is 0 Å². The van der Waals surface area contributed by atoms with E-state index >= 15 is 0 Å². The SMILES string of the molecule is c1ccc(-c2cc(-c3ccccc3)nc(-n3c4ccc(-c5ccc6c(c5)c5ccccc5n6-c5ccccc5)cc4c4ccc(-c5cccc6c5sc5ccccc56)cc43)c2)cc1. The van der Waals surface area contributed by atoms with Crippen LogP contribution in [0.1, 0.15) is 0 Å². The molecule has 0 bridgehead atoms. The maximum atomic E-state index is 5.49. The van der Waals surface area contributed by atoms with Gasteiger partial charge in [0.1, 0.15) is 5.82 Å². The zero-order valence-corrected chi connectivity index (χ0v) is 34.9. The number of pyridine rings is 1. The Morgan fingerprint density at radius 3 is 1.67 bits per heavy atom. The minimum Gasteiger partial charge on any atom is -0.309 e. The van der Waals surface area contributed by atoms with Crippen molar-refractivity contribution in [2.24, 2.45) is 0 Å². The van der Waals surface area contributed by atoms with Crippen molar-refractivity contribution in [3.05, 3.63) is 224 Å². The molecule has 13 rings (SSSR count). The van der Waals surface area contributed by atoms with Crippen LogP contribution in [0.3, 0.4) is 0 Å². The van der Waals surface area contributed by atoms with Gasteiger partial charge in [0.15, 0.2) is 0 Å². The van der Waals surface area contributed by atoms with Gasteiger partial charge in [0.2, 0.25) is 0 Å². The summed E-state index contributed by atoms with van der Waals surface area (Å²) in [6, 6.07) is 81.5. The number of hydrogen-bond donors (Lipinski definition) is 0. The molecular formula is C59H37N3S. The quantitative estimate of drug-likeness (QED) is 0.164. The Labute approximate surface area is 368 Å². The van der Waals surface area contributed by atoms with Gasteiger partial charge < -0.3 is 4.57 Å². The first-order valence-electron chi connectivity index (χ1n) is 21.4. The first-order chi connectivity index (χ1) is 31.2. The van der Waals surface area contributed by atoms with Gasteiger partial charge >= 0.3 is 0 Å². The standard InChI is InChI=1S/C59H37N3S/c1-4-15-38(16-5-1)43-35-52(39-17-6-2-7-18-39)60-58(37-43)62-55-32-29-41(40-28-31-54-50(33-40)46-21-10-12-25-53(46)61(54)44-19-8-3-9-20-44)34-51(55)47-30-27-42(36-56(47)62)45-23-14-24-49-48-22-11-13-26-57(48)63-59(45)49/h1-37H. The molecule has 0 unspecified atom stereocenters. The number of rotatable bonds is 6. The van der Waals surface area contributed by atoms with Crippen LogP contribution >= 0.6 is 11.3 Å². The van der Waals surface area contributed by atoms with Crippen molar-refractivity contribution in [1.82, 2.24) is 14.1 Å². The molecule has 4 heterocycles. The largest absolute Gasteiger partial charge is 0.309 e. The summed E-state index contributed by atoms with van der Waals surface area (Å²) in [7, 11) is 0. The molecule has 0 aliphatic carbocycles. The number of nitrogens with zero attached hydrogens (tertiary/aromatic N) is 3. The number of para-hydroxylation sites is 2. The van der Waals surface area contributed by atoms with E-state index in [1.807, 2.05) is 11.3 Å². The first-order valence-corrected chi connectivity index (χ1v) is 22.3.